The second-order valence-corrected chi connectivity index (χ2v) is 4.21. The van der Waals surface area contributed by atoms with Gasteiger partial charge in [0, 0.05) is 0 Å². The SMILES string of the molecule is CC(O)C(C)OC(C#N)c1cccc(C(F)(F)F)c1. The Balaban J connectivity index is 2.97. The summed E-state index contributed by atoms with van der Waals surface area (Å²) in [6.07, 6.45) is -7.08. The fourth-order valence-corrected chi connectivity index (χ4v) is 1.39. The topological polar surface area (TPSA) is 53.2 Å². The fraction of sp³-hybridized carbons (Fsp3) is 0.462. The third-order valence-electron chi connectivity index (χ3n) is 2.66. The Labute approximate surface area is 109 Å². The van der Waals surface area contributed by atoms with Gasteiger partial charge in [-0.05, 0) is 31.5 Å². The van der Waals surface area contributed by atoms with E-state index in [1.807, 2.05) is 0 Å². The van der Waals surface area contributed by atoms with Crippen LogP contribution in [0.4, 0.5) is 13.2 Å². The maximum atomic E-state index is 12.6. The minimum Gasteiger partial charge on any atom is -0.391 e. The second-order valence-electron chi connectivity index (χ2n) is 4.21. The number of hydrogen-bond acceptors (Lipinski definition) is 3. The molecule has 0 spiro atoms. The van der Waals surface area contributed by atoms with Crippen LogP contribution in [0.2, 0.25) is 0 Å². The average Bonchev–Trinajstić information content (AvgIpc) is 2.34. The molecule has 0 aromatic heterocycles. The summed E-state index contributed by atoms with van der Waals surface area (Å²) in [6.45, 7) is 3.02. The Morgan fingerprint density at radius 3 is 2.42 bits per heavy atom. The van der Waals surface area contributed by atoms with Crippen molar-refractivity contribution in [1.82, 2.24) is 0 Å². The van der Waals surface area contributed by atoms with E-state index in [4.69, 9.17) is 10.00 Å². The van der Waals surface area contributed by atoms with Crippen LogP contribution >= 0.6 is 0 Å². The first-order chi connectivity index (χ1) is 8.75. The van der Waals surface area contributed by atoms with Gasteiger partial charge in [0.25, 0.3) is 0 Å². The van der Waals surface area contributed by atoms with E-state index in [1.54, 1.807) is 13.0 Å². The molecule has 1 N–H and O–H groups in total. The number of nitrogens with zero attached hydrogens (tertiary/aromatic N) is 1. The van der Waals surface area contributed by atoms with E-state index in [1.165, 1.54) is 19.1 Å². The molecule has 1 aromatic rings. The van der Waals surface area contributed by atoms with Crippen molar-refractivity contribution in [3.05, 3.63) is 35.4 Å². The van der Waals surface area contributed by atoms with Crippen LogP contribution < -0.4 is 0 Å². The van der Waals surface area contributed by atoms with E-state index in [0.717, 1.165) is 12.1 Å². The number of ether oxygens (including phenoxy) is 1. The molecular formula is C13H14F3NO2. The zero-order valence-corrected chi connectivity index (χ0v) is 10.5. The van der Waals surface area contributed by atoms with Crippen LogP contribution in [0.25, 0.3) is 0 Å². The molecule has 3 nitrogen and oxygen atoms in total. The highest BCUT2D eigenvalue weighted by atomic mass is 19.4. The lowest BCUT2D eigenvalue weighted by Crippen LogP contribution is -2.24. The van der Waals surface area contributed by atoms with Gasteiger partial charge in [0.2, 0.25) is 0 Å². The van der Waals surface area contributed by atoms with Crippen LogP contribution in [0.15, 0.2) is 24.3 Å². The molecule has 0 bridgehead atoms. The molecule has 1 aromatic carbocycles. The van der Waals surface area contributed by atoms with Crippen molar-refractivity contribution in [3.63, 3.8) is 0 Å². The number of halogens is 3. The van der Waals surface area contributed by atoms with Crippen molar-refractivity contribution in [1.29, 1.82) is 5.26 Å². The van der Waals surface area contributed by atoms with E-state index < -0.39 is 30.1 Å². The molecule has 0 fully saturated rings. The zero-order valence-electron chi connectivity index (χ0n) is 10.5. The van der Waals surface area contributed by atoms with Crippen molar-refractivity contribution < 1.29 is 23.0 Å². The largest absolute Gasteiger partial charge is 0.416 e. The Hall–Kier alpha value is -1.58. The minimum atomic E-state index is -4.47. The first-order valence-corrected chi connectivity index (χ1v) is 5.66. The minimum absolute atomic E-state index is 0.116. The van der Waals surface area contributed by atoms with E-state index in [9.17, 15) is 18.3 Å². The van der Waals surface area contributed by atoms with Crippen LogP contribution in [-0.4, -0.2) is 17.3 Å². The Morgan fingerprint density at radius 1 is 1.32 bits per heavy atom. The summed E-state index contributed by atoms with van der Waals surface area (Å²) in [6, 6.07) is 6.19. The van der Waals surface area contributed by atoms with Gasteiger partial charge >= 0.3 is 6.18 Å². The number of benzene rings is 1. The highest BCUT2D eigenvalue weighted by Crippen LogP contribution is 2.31. The normalized spacial score (nSPS) is 16.5. The molecule has 0 aliphatic carbocycles. The van der Waals surface area contributed by atoms with Crippen molar-refractivity contribution in [2.24, 2.45) is 0 Å². The van der Waals surface area contributed by atoms with E-state index in [-0.39, 0.29) is 5.56 Å². The molecule has 0 amide bonds. The number of aliphatic hydroxyl groups is 1. The zero-order chi connectivity index (χ0) is 14.6. The summed E-state index contributed by atoms with van der Waals surface area (Å²) in [5, 5.41) is 18.2. The summed E-state index contributed by atoms with van der Waals surface area (Å²) in [7, 11) is 0. The molecular weight excluding hydrogens is 259 g/mol. The first-order valence-electron chi connectivity index (χ1n) is 5.66. The molecule has 3 unspecified atom stereocenters. The fourth-order valence-electron chi connectivity index (χ4n) is 1.39. The Kier molecular flexibility index (Phi) is 4.92. The molecule has 0 saturated heterocycles. The van der Waals surface area contributed by atoms with Crippen molar-refractivity contribution in [3.8, 4) is 6.07 Å². The average molecular weight is 273 g/mol. The van der Waals surface area contributed by atoms with E-state index >= 15 is 0 Å². The van der Waals surface area contributed by atoms with Crippen molar-refractivity contribution in [2.75, 3.05) is 0 Å². The maximum Gasteiger partial charge on any atom is 0.416 e. The molecule has 0 heterocycles. The van der Waals surface area contributed by atoms with E-state index in [0.29, 0.717) is 0 Å². The van der Waals surface area contributed by atoms with E-state index in [2.05, 4.69) is 0 Å². The molecule has 1 rings (SSSR count). The summed E-state index contributed by atoms with van der Waals surface area (Å²) in [4.78, 5) is 0. The summed E-state index contributed by atoms with van der Waals surface area (Å²) >= 11 is 0. The Bertz CT molecular complexity index is 466. The molecule has 3 atom stereocenters. The molecule has 0 aliphatic rings. The van der Waals surface area contributed by atoms with Gasteiger partial charge in [-0.3, -0.25) is 0 Å². The van der Waals surface area contributed by atoms with Gasteiger partial charge in [-0.25, -0.2) is 0 Å². The predicted octanol–water partition coefficient (Wildman–Crippen LogP) is 3.06. The van der Waals surface area contributed by atoms with Gasteiger partial charge in [-0.15, -0.1) is 0 Å². The number of aliphatic hydroxyl groups excluding tert-OH is 1. The predicted molar refractivity (Wildman–Crippen MR) is 62.0 cm³/mol. The van der Waals surface area contributed by atoms with Crippen LogP contribution in [0.3, 0.4) is 0 Å². The van der Waals surface area contributed by atoms with Crippen LogP contribution in [0.5, 0.6) is 0 Å². The second kappa shape index (κ2) is 6.04. The lowest BCUT2D eigenvalue weighted by molar-refractivity contribution is -0.137. The number of hydrogen-bond donors (Lipinski definition) is 1. The van der Waals surface area contributed by atoms with Crippen molar-refractivity contribution in [2.45, 2.75) is 38.3 Å². The standard InChI is InChI=1S/C13H14F3NO2/c1-8(18)9(2)19-12(7-17)10-4-3-5-11(6-10)13(14,15)16/h3-6,8-9,12,18H,1-2H3. The highest BCUT2D eigenvalue weighted by molar-refractivity contribution is 5.29. The number of rotatable bonds is 4. The summed E-state index contributed by atoms with van der Waals surface area (Å²) in [5.41, 5.74) is -0.719. The molecule has 6 heteroatoms. The van der Waals surface area contributed by atoms with Gasteiger partial charge < -0.3 is 9.84 Å². The quantitative estimate of drug-likeness (QED) is 0.917. The van der Waals surface area contributed by atoms with Gasteiger partial charge in [-0.2, -0.15) is 18.4 Å². The summed E-state index contributed by atoms with van der Waals surface area (Å²) < 4.78 is 42.9. The number of nitriles is 1. The van der Waals surface area contributed by atoms with Gasteiger partial charge in [0.05, 0.1) is 23.8 Å². The monoisotopic (exact) mass is 273 g/mol. The van der Waals surface area contributed by atoms with Crippen LogP contribution in [0, 0.1) is 11.3 Å². The highest BCUT2D eigenvalue weighted by Gasteiger charge is 2.31. The van der Waals surface area contributed by atoms with Gasteiger partial charge in [-0.1, -0.05) is 12.1 Å². The van der Waals surface area contributed by atoms with Crippen molar-refractivity contribution >= 4 is 0 Å². The first kappa shape index (κ1) is 15.5. The molecule has 19 heavy (non-hydrogen) atoms. The van der Waals surface area contributed by atoms with Crippen LogP contribution in [-0.2, 0) is 10.9 Å². The third kappa shape index (κ3) is 4.23. The molecule has 0 aliphatic heterocycles. The van der Waals surface area contributed by atoms with Crippen LogP contribution in [0.1, 0.15) is 31.1 Å². The van der Waals surface area contributed by atoms with Gasteiger partial charge in [0.15, 0.2) is 6.10 Å². The Morgan fingerprint density at radius 2 is 1.95 bits per heavy atom. The third-order valence-corrected chi connectivity index (χ3v) is 2.66. The van der Waals surface area contributed by atoms with Gasteiger partial charge in [0.1, 0.15) is 0 Å². The molecule has 104 valence electrons. The lowest BCUT2D eigenvalue weighted by Gasteiger charge is -2.20. The molecule has 0 saturated carbocycles. The number of alkyl halides is 3. The molecule has 0 radical (unpaired) electrons. The lowest BCUT2D eigenvalue weighted by atomic mass is 10.1. The summed E-state index contributed by atoms with van der Waals surface area (Å²) in [5.74, 6) is 0. The maximum absolute atomic E-state index is 12.6. The smallest absolute Gasteiger partial charge is 0.391 e.